The lowest BCUT2D eigenvalue weighted by molar-refractivity contribution is -0.126. The minimum absolute atomic E-state index is 0.0840. The topological polar surface area (TPSA) is 96.2 Å². The van der Waals surface area contributed by atoms with Crippen LogP contribution >= 0.6 is 0 Å². The zero-order chi connectivity index (χ0) is 17.5. The van der Waals surface area contributed by atoms with E-state index in [1.54, 1.807) is 17.7 Å². The highest BCUT2D eigenvalue weighted by Crippen LogP contribution is 2.33. The van der Waals surface area contributed by atoms with Gasteiger partial charge in [-0.1, -0.05) is 0 Å². The van der Waals surface area contributed by atoms with Crippen molar-refractivity contribution >= 4 is 28.9 Å². The number of aromatic carboxylic acids is 1. The molecule has 1 amide bonds. The second kappa shape index (κ2) is 5.90. The first-order chi connectivity index (χ1) is 11.3. The zero-order valence-corrected chi connectivity index (χ0v) is 14.1. The highest BCUT2D eigenvalue weighted by Gasteiger charge is 2.44. The molecule has 1 aromatic carbocycles. The molecular weight excluding hydrogens is 308 g/mol. The number of carbonyl (C=O) groups is 2. The van der Waals surface area contributed by atoms with Crippen LogP contribution in [0.25, 0.3) is 11.0 Å². The molecule has 0 atom stereocenters. The summed E-state index contributed by atoms with van der Waals surface area (Å²) in [7, 11) is 1.80. The van der Waals surface area contributed by atoms with Gasteiger partial charge in [-0.15, -0.1) is 0 Å². The summed E-state index contributed by atoms with van der Waals surface area (Å²) >= 11 is 0. The number of carbonyl (C=O) groups excluding carboxylic acids is 1. The number of nitrogens with one attached hydrogen (secondary N) is 2. The molecule has 1 aromatic heterocycles. The van der Waals surface area contributed by atoms with Crippen LogP contribution < -0.4 is 10.6 Å². The first kappa shape index (κ1) is 16.4. The molecule has 3 N–H and O–H groups in total. The molecule has 0 aliphatic heterocycles. The van der Waals surface area contributed by atoms with E-state index in [2.05, 4.69) is 15.6 Å². The molecule has 0 saturated heterocycles. The molecule has 24 heavy (non-hydrogen) atoms. The summed E-state index contributed by atoms with van der Waals surface area (Å²) in [6, 6.07) is 4.96. The zero-order valence-electron chi connectivity index (χ0n) is 14.1. The van der Waals surface area contributed by atoms with Crippen molar-refractivity contribution in [1.82, 2.24) is 14.9 Å². The highest BCUT2D eigenvalue weighted by molar-refractivity contribution is 5.99. The van der Waals surface area contributed by atoms with Crippen molar-refractivity contribution in [2.75, 3.05) is 5.32 Å². The van der Waals surface area contributed by atoms with E-state index in [1.807, 2.05) is 13.8 Å². The number of rotatable bonds is 5. The number of imidazole rings is 1. The van der Waals surface area contributed by atoms with E-state index in [0.29, 0.717) is 11.5 Å². The first-order valence-corrected chi connectivity index (χ1v) is 8.11. The summed E-state index contributed by atoms with van der Waals surface area (Å²) in [5, 5.41) is 15.3. The lowest BCUT2D eigenvalue weighted by atomic mass is 9.75. The van der Waals surface area contributed by atoms with Gasteiger partial charge in [-0.25, -0.2) is 9.78 Å². The van der Waals surface area contributed by atoms with Crippen LogP contribution in [0.3, 0.4) is 0 Å². The average Bonchev–Trinajstić information content (AvgIpc) is 2.78. The monoisotopic (exact) mass is 330 g/mol. The van der Waals surface area contributed by atoms with Gasteiger partial charge in [0.2, 0.25) is 11.9 Å². The van der Waals surface area contributed by atoms with Crippen molar-refractivity contribution in [3.05, 3.63) is 23.8 Å². The summed E-state index contributed by atoms with van der Waals surface area (Å²) in [6.45, 7) is 4.05. The minimum Gasteiger partial charge on any atom is -0.478 e. The Hall–Kier alpha value is -2.41. The number of carboxylic acid groups (broad SMARTS) is 1. The molecule has 0 spiro atoms. The van der Waals surface area contributed by atoms with Gasteiger partial charge in [0.1, 0.15) is 0 Å². The summed E-state index contributed by atoms with van der Waals surface area (Å²) in [5.41, 5.74) is 0.968. The number of fused-ring (bicyclic) bond motifs is 1. The predicted molar refractivity (Wildman–Crippen MR) is 91.2 cm³/mol. The molecular formula is C17H22N4O3. The van der Waals surface area contributed by atoms with Crippen molar-refractivity contribution in [1.29, 1.82) is 0 Å². The molecule has 128 valence electrons. The summed E-state index contributed by atoms with van der Waals surface area (Å²) in [4.78, 5) is 28.2. The normalized spacial score (nSPS) is 16.2. The van der Waals surface area contributed by atoms with Crippen LogP contribution in [-0.2, 0) is 11.8 Å². The number of carboxylic acids is 1. The first-order valence-electron chi connectivity index (χ1n) is 8.11. The highest BCUT2D eigenvalue weighted by atomic mass is 16.4. The Labute approximate surface area is 140 Å². The largest absolute Gasteiger partial charge is 0.478 e. The number of hydrogen-bond acceptors (Lipinski definition) is 4. The van der Waals surface area contributed by atoms with Crippen molar-refractivity contribution in [3.63, 3.8) is 0 Å². The van der Waals surface area contributed by atoms with Gasteiger partial charge in [0.25, 0.3) is 0 Å². The van der Waals surface area contributed by atoms with Crippen molar-refractivity contribution in [3.8, 4) is 0 Å². The number of hydrogen-bond donors (Lipinski definition) is 3. The van der Waals surface area contributed by atoms with E-state index < -0.39 is 11.5 Å². The maximum absolute atomic E-state index is 12.7. The molecule has 1 heterocycles. The van der Waals surface area contributed by atoms with Gasteiger partial charge >= 0.3 is 5.97 Å². The number of aryl methyl sites for hydroxylation is 1. The Kier molecular flexibility index (Phi) is 4.04. The maximum Gasteiger partial charge on any atom is 0.335 e. The van der Waals surface area contributed by atoms with Gasteiger partial charge in [0.15, 0.2) is 0 Å². The maximum atomic E-state index is 12.7. The average molecular weight is 330 g/mol. The minimum atomic E-state index is -0.998. The smallest absolute Gasteiger partial charge is 0.335 e. The van der Waals surface area contributed by atoms with Gasteiger partial charge in [0.05, 0.1) is 22.1 Å². The number of aromatic nitrogens is 2. The van der Waals surface area contributed by atoms with Crippen molar-refractivity contribution < 1.29 is 14.7 Å². The molecule has 3 rings (SSSR count). The molecule has 1 aliphatic rings. The molecule has 7 heteroatoms. The standard InChI is InChI=1S/C17H22N4O3/c1-10(2)20-17(7-4-8-17)15(24)19-16-18-12-9-11(14(22)23)5-6-13(12)21(16)3/h5-6,9-10,20H,4,7-8H2,1-3H3,(H,22,23)(H,18,19,24). The number of benzene rings is 1. The van der Waals surface area contributed by atoms with Crippen LogP contribution in [0.1, 0.15) is 43.5 Å². The van der Waals surface area contributed by atoms with Crippen molar-refractivity contribution in [2.45, 2.75) is 44.7 Å². The summed E-state index contributed by atoms with van der Waals surface area (Å²) < 4.78 is 1.76. The molecule has 1 aliphatic carbocycles. The summed E-state index contributed by atoms with van der Waals surface area (Å²) in [5.74, 6) is -0.656. The fourth-order valence-corrected chi connectivity index (χ4v) is 3.19. The SMILES string of the molecule is CC(C)NC1(C(=O)Nc2nc3cc(C(=O)O)ccc3n2C)CCC1. The molecule has 1 fully saturated rings. The fraction of sp³-hybridized carbons (Fsp3) is 0.471. The Morgan fingerprint density at radius 3 is 2.58 bits per heavy atom. The van der Waals surface area contributed by atoms with Gasteiger partial charge in [0, 0.05) is 13.1 Å². The lowest BCUT2D eigenvalue weighted by Gasteiger charge is -2.42. The van der Waals surface area contributed by atoms with Crippen LogP contribution in [0, 0.1) is 0 Å². The number of nitrogens with zero attached hydrogens (tertiary/aromatic N) is 2. The van der Waals surface area contributed by atoms with E-state index in [-0.39, 0.29) is 17.5 Å². The molecule has 2 aromatic rings. The second-order valence-electron chi connectivity index (χ2n) is 6.69. The third-order valence-electron chi connectivity index (χ3n) is 4.56. The van der Waals surface area contributed by atoms with Crippen LogP contribution in [-0.4, -0.2) is 38.1 Å². The van der Waals surface area contributed by atoms with Crippen LogP contribution in [0.4, 0.5) is 5.95 Å². The molecule has 0 radical (unpaired) electrons. The summed E-state index contributed by atoms with van der Waals surface area (Å²) in [6.07, 6.45) is 2.64. The van der Waals surface area contributed by atoms with Gasteiger partial charge in [-0.3, -0.25) is 10.1 Å². The molecule has 0 bridgehead atoms. The third kappa shape index (κ3) is 2.75. The van der Waals surface area contributed by atoms with E-state index in [4.69, 9.17) is 5.11 Å². The Morgan fingerprint density at radius 1 is 1.33 bits per heavy atom. The van der Waals surface area contributed by atoms with Crippen LogP contribution in [0.5, 0.6) is 0 Å². The molecule has 7 nitrogen and oxygen atoms in total. The lowest BCUT2D eigenvalue weighted by Crippen LogP contribution is -2.61. The quantitative estimate of drug-likeness (QED) is 0.780. The molecule has 1 saturated carbocycles. The van der Waals surface area contributed by atoms with E-state index in [0.717, 1.165) is 24.8 Å². The Morgan fingerprint density at radius 2 is 2.04 bits per heavy atom. The molecule has 0 unspecified atom stereocenters. The van der Waals surface area contributed by atoms with Gasteiger partial charge in [-0.05, 0) is 51.3 Å². The van der Waals surface area contributed by atoms with Crippen molar-refractivity contribution in [2.24, 2.45) is 7.05 Å². The van der Waals surface area contributed by atoms with E-state index >= 15 is 0 Å². The Bertz CT molecular complexity index is 806. The predicted octanol–water partition coefficient (Wildman–Crippen LogP) is 2.13. The number of anilines is 1. The van der Waals surface area contributed by atoms with Gasteiger partial charge in [-0.2, -0.15) is 0 Å². The van der Waals surface area contributed by atoms with Gasteiger partial charge < -0.3 is 15.0 Å². The van der Waals surface area contributed by atoms with Crippen LogP contribution in [0.2, 0.25) is 0 Å². The van der Waals surface area contributed by atoms with Crippen LogP contribution in [0.15, 0.2) is 18.2 Å². The third-order valence-corrected chi connectivity index (χ3v) is 4.56. The Balaban J connectivity index is 1.88. The fourth-order valence-electron chi connectivity index (χ4n) is 3.19. The van der Waals surface area contributed by atoms with E-state index in [9.17, 15) is 9.59 Å². The second-order valence-corrected chi connectivity index (χ2v) is 6.69. The van der Waals surface area contributed by atoms with E-state index in [1.165, 1.54) is 12.1 Å². The number of amides is 1.